The number of para-hydroxylation sites is 1. The molecule has 7 nitrogen and oxygen atoms in total. The van der Waals surface area contributed by atoms with Crippen molar-refractivity contribution in [2.45, 2.75) is 17.3 Å². The number of anilines is 1. The quantitative estimate of drug-likeness (QED) is 0.529. The number of nitrogens with one attached hydrogen (secondary N) is 2. The molecular weight excluding hydrogens is 360 g/mol. The lowest BCUT2D eigenvalue weighted by Crippen LogP contribution is -2.22. The van der Waals surface area contributed by atoms with Crippen molar-refractivity contribution in [1.82, 2.24) is 20.2 Å². The van der Waals surface area contributed by atoms with Crippen LogP contribution in [0.15, 0.2) is 53.7 Å². The van der Waals surface area contributed by atoms with Gasteiger partial charge in [-0.15, -0.1) is 10.2 Å². The first kappa shape index (κ1) is 17.0. The van der Waals surface area contributed by atoms with Gasteiger partial charge in [0.15, 0.2) is 5.65 Å². The van der Waals surface area contributed by atoms with Gasteiger partial charge in [0.05, 0.1) is 16.9 Å². The Kier molecular flexibility index (Phi) is 4.44. The maximum absolute atomic E-state index is 12.4. The number of nitriles is 1. The first-order valence-corrected chi connectivity index (χ1v) is 9.11. The molecule has 0 aliphatic rings. The molecule has 2 aromatic carbocycles. The van der Waals surface area contributed by atoms with Crippen molar-refractivity contribution in [3.05, 3.63) is 54.1 Å². The number of amides is 1. The Bertz CT molecular complexity index is 1180. The fourth-order valence-corrected chi connectivity index (χ4v) is 3.35. The summed E-state index contributed by atoms with van der Waals surface area (Å²) in [7, 11) is 0. The first-order valence-electron chi connectivity index (χ1n) is 8.23. The third kappa shape index (κ3) is 3.45. The predicted molar refractivity (Wildman–Crippen MR) is 104 cm³/mol. The number of hydrogen-bond donors (Lipinski definition) is 2. The van der Waals surface area contributed by atoms with E-state index >= 15 is 0 Å². The molecule has 0 unspecified atom stereocenters. The fraction of sp³-hybridized carbons (Fsp3) is 0.105. The van der Waals surface area contributed by atoms with Crippen LogP contribution in [0.2, 0.25) is 0 Å². The van der Waals surface area contributed by atoms with E-state index in [-0.39, 0.29) is 5.91 Å². The molecule has 0 aliphatic heterocycles. The first-order chi connectivity index (χ1) is 13.1. The summed E-state index contributed by atoms with van der Waals surface area (Å²) in [6, 6.07) is 16.6. The molecule has 0 fully saturated rings. The molecular formula is C19H14N6OS. The highest BCUT2D eigenvalue weighted by Crippen LogP contribution is 2.25. The third-order valence-corrected chi connectivity index (χ3v) is 4.99. The van der Waals surface area contributed by atoms with Gasteiger partial charge < -0.3 is 10.3 Å². The molecule has 0 saturated heterocycles. The molecule has 8 heteroatoms. The lowest BCUT2D eigenvalue weighted by atomic mass is 10.2. The Morgan fingerprint density at radius 2 is 1.96 bits per heavy atom. The molecule has 4 aromatic rings. The predicted octanol–water partition coefficient (Wildman–Crippen LogP) is 3.50. The number of carbonyl (C=O) groups excluding carboxylic acids is 1. The van der Waals surface area contributed by atoms with Crippen LogP contribution >= 0.6 is 11.8 Å². The van der Waals surface area contributed by atoms with Crippen LogP contribution in [0.1, 0.15) is 12.5 Å². The number of fused-ring (bicyclic) bond motifs is 3. The summed E-state index contributed by atoms with van der Waals surface area (Å²) in [4.78, 5) is 20.1. The zero-order valence-electron chi connectivity index (χ0n) is 14.3. The molecule has 0 saturated carbocycles. The van der Waals surface area contributed by atoms with Crippen molar-refractivity contribution >= 4 is 45.4 Å². The van der Waals surface area contributed by atoms with Crippen molar-refractivity contribution in [2.75, 3.05) is 5.32 Å². The standard InChI is InChI=1S/C19H14N6OS/c1-11(18(26)21-13-8-6-12(10-20)7-9-13)27-19-23-17-16(24-25-19)14-4-2-3-5-15(14)22-17/h2-9,11H,1H3,(H,21,26)(H,22,23,25)/t11-/m1/s1. The number of H-pyrrole nitrogens is 1. The van der Waals surface area contributed by atoms with Crippen molar-refractivity contribution < 1.29 is 4.79 Å². The second-order valence-corrected chi connectivity index (χ2v) is 7.21. The van der Waals surface area contributed by atoms with E-state index in [4.69, 9.17) is 5.26 Å². The Hall–Kier alpha value is -3.44. The largest absolute Gasteiger partial charge is 0.338 e. The van der Waals surface area contributed by atoms with E-state index in [1.807, 2.05) is 30.3 Å². The fourth-order valence-electron chi connectivity index (χ4n) is 2.64. The second-order valence-electron chi connectivity index (χ2n) is 5.90. The molecule has 0 bridgehead atoms. The number of benzene rings is 2. The summed E-state index contributed by atoms with van der Waals surface area (Å²) in [5.41, 5.74) is 3.49. The molecule has 0 aliphatic carbocycles. The zero-order chi connectivity index (χ0) is 18.8. The smallest absolute Gasteiger partial charge is 0.237 e. The van der Waals surface area contributed by atoms with Crippen LogP contribution in [0.5, 0.6) is 0 Å². The molecule has 4 rings (SSSR count). The minimum Gasteiger partial charge on any atom is -0.338 e. The molecule has 2 N–H and O–H groups in total. The van der Waals surface area contributed by atoms with E-state index in [1.165, 1.54) is 11.8 Å². The number of rotatable bonds is 4. The Morgan fingerprint density at radius 1 is 1.19 bits per heavy atom. The van der Waals surface area contributed by atoms with Gasteiger partial charge in [-0.05, 0) is 37.3 Å². The Morgan fingerprint density at radius 3 is 2.74 bits per heavy atom. The summed E-state index contributed by atoms with van der Waals surface area (Å²) < 4.78 is 0. The molecule has 0 spiro atoms. The Balaban J connectivity index is 1.49. The maximum Gasteiger partial charge on any atom is 0.237 e. The van der Waals surface area contributed by atoms with Gasteiger partial charge in [0.1, 0.15) is 5.52 Å². The van der Waals surface area contributed by atoms with Crippen LogP contribution in [0, 0.1) is 11.3 Å². The number of carbonyl (C=O) groups is 1. The number of aromatic nitrogens is 4. The molecule has 2 aromatic heterocycles. The third-order valence-electron chi connectivity index (χ3n) is 4.04. The minimum atomic E-state index is -0.413. The summed E-state index contributed by atoms with van der Waals surface area (Å²) in [6.45, 7) is 1.78. The number of aromatic amines is 1. The number of thioether (sulfide) groups is 1. The van der Waals surface area contributed by atoms with E-state index in [1.54, 1.807) is 31.2 Å². The molecule has 132 valence electrons. The van der Waals surface area contributed by atoms with Crippen LogP contribution in [0.3, 0.4) is 0 Å². The average Bonchev–Trinajstić information content (AvgIpc) is 3.06. The van der Waals surface area contributed by atoms with Gasteiger partial charge in [-0.3, -0.25) is 4.79 Å². The highest BCUT2D eigenvalue weighted by atomic mass is 32.2. The van der Waals surface area contributed by atoms with Crippen LogP contribution in [0.25, 0.3) is 22.1 Å². The topological polar surface area (TPSA) is 107 Å². The van der Waals surface area contributed by atoms with Gasteiger partial charge in [-0.1, -0.05) is 30.0 Å². The number of nitrogens with zero attached hydrogens (tertiary/aromatic N) is 4. The maximum atomic E-state index is 12.4. The van der Waals surface area contributed by atoms with E-state index < -0.39 is 5.25 Å². The van der Waals surface area contributed by atoms with Crippen molar-refractivity contribution in [3.63, 3.8) is 0 Å². The summed E-state index contributed by atoms with van der Waals surface area (Å²) in [5, 5.41) is 21.0. The highest BCUT2D eigenvalue weighted by Gasteiger charge is 2.18. The summed E-state index contributed by atoms with van der Waals surface area (Å²) in [6.07, 6.45) is 0. The van der Waals surface area contributed by atoms with Crippen LogP contribution in [0.4, 0.5) is 5.69 Å². The highest BCUT2D eigenvalue weighted by molar-refractivity contribution is 8.00. The molecule has 0 radical (unpaired) electrons. The second kappa shape index (κ2) is 7.05. The van der Waals surface area contributed by atoms with Crippen molar-refractivity contribution in [1.29, 1.82) is 5.26 Å². The lowest BCUT2D eigenvalue weighted by molar-refractivity contribution is -0.115. The zero-order valence-corrected chi connectivity index (χ0v) is 15.1. The molecule has 1 atom stereocenters. The minimum absolute atomic E-state index is 0.176. The van der Waals surface area contributed by atoms with Gasteiger partial charge in [-0.25, -0.2) is 4.98 Å². The van der Waals surface area contributed by atoms with Crippen molar-refractivity contribution in [2.24, 2.45) is 0 Å². The van der Waals surface area contributed by atoms with Gasteiger partial charge in [0.25, 0.3) is 0 Å². The van der Waals surface area contributed by atoms with Gasteiger partial charge in [-0.2, -0.15) is 5.26 Å². The van der Waals surface area contributed by atoms with E-state index in [2.05, 4.69) is 25.5 Å². The number of hydrogen-bond acceptors (Lipinski definition) is 6. The van der Waals surface area contributed by atoms with E-state index in [9.17, 15) is 4.79 Å². The van der Waals surface area contributed by atoms with Crippen LogP contribution in [-0.4, -0.2) is 31.3 Å². The van der Waals surface area contributed by atoms with E-state index in [0.29, 0.717) is 27.6 Å². The lowest BCUT2D eigenvalue weighted by Gasteiger charge is -2.10. The normalized spacial score (nSPS) is 12.0. The molecule has 1 amide bonds. The molecule has 27 heavy (non-hydrogen) atoms. The molecule has 2 heterocycles. The van der Waals surface area contributed by atoms with Crippen LogP contribution < -0.4 is 5.32 Å². The van der Waals surface area contributed by atoms with Gasteiger partial charge in [0, 0.05) is 16.6 Å². The van der Waals surface area contributed by atoms with Crippen LogP contribution in [-0.2, 0) is 4.79 Å². The van der Waals surface area contributed by atoms with E-state index in [0.717, 1.165) is 10.9 Å². The van der Waals surface area contributed by atoms with Gasteiger partial charge in [0.2, 0.25) is 11.1 Å². The SMILES string of the molecule is C[C@@H](Sc1nnc2c(n1)[nH]c1ccccc12)C(=O)Nc1ccc(C#N)cc1. The van der Waals surface area contributed by atoms with Gasteiger partial charge >= 0.3 is 0 Å². The summed E-state index contributed by atoms with van der Waals surface area (Å²) >= 11 is 1.23. The Labute approximate surface area is 158 Å². The average molecular weight is 374 g/mol. The monoisotopic (exact) mass is 374 g/mol. The van der Waals surface area contributed by atoms with Crippen molar-refractivity contribution in [3.8, 4) is 6.07 Å². The summed E-state index contributed by atoms with van der Waals surface area (Å²) in [5.74, 6) is -0.176.